The minimum Gasteiger partial charge on any atom is -0.378 e. The predicted molar refractivity (Wildman–Crippen MR) is 95.7 cm³/mol. The minimum atomic E-state index is -3.71. The van der Waals surface area contributed by atoms with E-state index in [1.807, 2.05) is 0 Å². The van der Waals surface area contributed by atoms with Crippen LogP contribution in [-0.2, 0) is 30.8 Å². The van der Waals surface area contributed by atoms with Crippen LogP contribution in [0.4, 0.5) is 0 Å². The summed E-state index contributed by atoms with van der Waals surface area (Å²) in [4.78, 5) is 26.7. The number of amides is 2. The number of hydrogen-bond acceptors (Lipinski definition) is 5. The molecule has 1 aromatic carbocycles. The fraction of sp³-hybridized carbons (Fsp3) is 0.529. The van der Waals surface area contributed by atoms with Crippen LogP contribution in [0.25, 0.3) is 0 Å². The Morgan fingerprint density at radius 3 is 2.31 bits per heavy atom. The minimum absolute atomic E-state index is 0.0440. The first-order valence-electron chi connectivity index (χ1n) is 8.39. The summed E-state index contributed by atoms with van der Waals surface area (Å²) in [5.74, 6) is -0.550. The first kappa shape index (κ1) is 20.3. The normalized spacial score (nSPS) is 15.6. The van der Waals surface area contributed by atoms with Crippen molar-refractivity contribution in [3.63, 3.8) is 0 Å². The highest BCUT2D eigenvalue weighted by atomic mass is 32.2. The van der Waals surface area contributed by atoms with Crippen molar-refractivity contribution in [3.05, 3.63) is 29.8 Å². The predicted octanol–water partition coefficient (Wildman–Crippen LogP) is -0.122. The number of sulfonamides is 1. The zero-order valence-electron chi connectivity index (χ0n) is 15.0. The van der Waals surface area contributed by atoms with Crippen molar-refractivity contribution in [1.82, 2.24) is 10.2 Å². The van der Waals surface area contributed by atoms with Gasteiger partial charge in [0, 0.05) is 19.6 Å². The van der Waals surface area contributed by atoms with Gasteiger partial charge in [0.25, 0.3) is 0 Å². The molecule has 26 heavy (non-hydrogen) atoms. The molecular formula is C17H25N3O5S. The Hall–Kier alpha value is -1.97. The second-order valence-corrected chi connectivity index (χ2v) is 8.29. The highest BCUT2D eigenvalue weighted by Crippen LogP contribution is 2.20. The Bertz CT molecular complexity index is 753. The van der Waals surface area contributed by atoms with E-state index in [1.54, 1.807) is 30.9 Å². The van der Waals surface area contributed by atoms with Gasteiger partial charge in [-0.15, -0.1) is 0 Å². The molecule has 1 saturated heterocycles. The molecule has 0 spiro atoms. The summed E-state index contributed by atoms with van der Waals surface area (Å²) < 4.78 is 27.7. The largest absolute Gasteiger partial charge is 0.378 e. The maximum Gasteiger partial charge on any atom is 0.238 e. The molecule has 2 rings (SSSR count). The first-order chi connectivity index (χ1) is 12.1. The Kier molecular flexibility index (Phi) is 6.38. The van der Waals surface area contributed by atoms with E-state index in [-0.39, 0.29) is 16.7 Å². The van der Waals surface area contributed by atoms with Crippen molar-refractivity contribution < 1.29 is 22.7 Å². The number of ether oxygens (including phenoxy) is 1. The lowest BCUT2D eigenvalue weighted by atomic mass is 9.90. The number of nitrogens with zero attached hydrogens (tertiary/aromatic N) is 1. The zero-order chi connectivity index (χ0) is 19.4. The number of nitrogens with one attached hydrogen (secondary N) is 1. The van der Waals surface area contributed by atoms with Gasteiger partial charge < -0.3 is 15.0 Å². The number of nitrogens with two attached hydrogens (primary N) is 1. The van der Waals surface area contributed by atoms with E-state index in [4.69, 9.17) is 9.88 Å². The topological polar surface area (TPSA) is 119 Å². The lowest BCUT2D eigenvalue weighted by Crippen LogP contribution is -2.52. The number of carbonyl (C=O) groups excluding carboxylic acids is 2. The van der Waals surface area contributed by atoms with Crippen LogP contribution < -0.4 is 10.5 Å². The summed E-state index contributed by atoms with van der Waals surface area (Å²) >= 11 is 0. The molecule has 1 aliphatic rings. The molecule has 9 heteroatoms. The average Bonchev–Trinajstić information content (AvgIpc) is 2.61. The fourth-order valence-electron chi connectivity index (χ4n) is 2.65. The molecule has 144 valence electrons. The molecule has 1 heterocycles. The summed E-state index contributed by atoms with van der Waals surface area (Å²) in [5.41, 5.74) is -0.301. The van der Waals surface area contributed by atoms with Gasteiger partial charge >= 0.3 is 0 Å². The van der Waals surface area contributed by atoms with Gasteiger partial charge in [0.2, 0.25) is 21.8 Å². The second-order valence-electron chi connectivity index (χ2n) is 6.72. The van der Waals surface area contributed by atoms with Crippen molar-refractivity contribution in [2.24, 2.45) is 10.6 Å². The third kappa shape index (κ3) is 5.03. The van der Waals surface area contributed by atoms with E-state index < -0.39 is 15.4 Å². The Morgan fingerprint density at radius 1 is 1.19 bits per heavy atom. The standard InChI is InChI=1S/C17H25N3O5S/c1-17(2,16(22)20-9-11-25-12-10-20)15(21)19-8-7-13-3-5-14(6-4-13)26(18,23)24/h3-6H,7-12H2,1-2H3,(H,19,21)(H2,18,23,24). The number of hydrogen-bond donors (Lipinski definition) is 2. The van der Waals surface area contributed by atoms with Crippen molar-refractivity contribution >= 4 is 21.8 Å². The van der Waals surface area contributed by atoms with Crippen LogP contribution in [0.1, 0.15) is 19.4 Å². The van der Waals surface area contributed by atoms with Gasteiger partial charge in [0.15, 0.2) is 0 Å². The van der Waals surface area contributed by atoms with Crippen LogP contribution >= 0.6 is 0 Å². The monoisotopic (exact) mass is 383 g/mol. The molecule has 0 unspecified atom stereocenters. The number of morpholine rings is 1. The van der Waals surface area contributed by atoms with Crippen LogP contribution in [0.5, 0.6) is 0 Å². The van der Waals surface area contributed by atoms with Gasteiger partial charge in [-0.05, 0) is 38.0 Å². The molecule has 8 nitrogen and oxygen atoms in total. The van der Waals surface area contributed by atoms with E-state index in [2.05, 4.69) is 5.32 Å². The van der Waals surface area contributed by atoms with Crippen molar-refractivity contribution in [2.75, 3.05) is 32.8 Å². The molecule has 0 atom stereocenters. The highest BCUT2D eigenvalue weighted by Gasteiger charge is 2.39. The van der Waals surface area contributed by atoms with Gasteiger partial charge in [-0.25, -0.2) is 13.6 Å². The lowest BCUT2D eigenvalue weighted by Gasteiger charge is -2.33. The molecule has 0 radical (unpaired) electrons. The third-order valence-electron chi connectivity index (χ3n) is 4.35. The van der Waals surface area contributed by atoms with Gasteiger partial charge in [-0.2, -0.15) is 0 Å². The van der Waals surface area contributed by atoms with Crippen LogP contribution in [-0.4, -0.2) is 58.0 Å². The van der Waals surface area contributed by atoms with E-state index in [0.717, 1.165) is 5.56 Å². The fourth-order valence-corrected chi connectivity index (χ4v) is 3.16. The number of benzene rings is 1. The molecule has 0 saturated carbocycles. The number of primary sulfonamides is 1. The van der Waals surface area contributed by atoms with Crippen LogP contribution in [0.3, 0.4) is 0 Å². The Balaban J connectivity index is 1.88. The summed E-state index contributed by atoms with van der Waals surface area (Å²) in [5, 5.41) is 7.83. The van der Waals surface area contributed by atoms with Crippen LogP contribution in [0.15, 0.2) is 29.2 Å². The van der Waals surface area contributed by atoms with Gasteiger partial charge in [0.1, 0.15) is 5.41 Å². The van der Waals surface area contributed by atoms with E-state index in [0.29, 0.717) is 39.3 Å². The van der Waals surface area contributed by atoms with Crippen LogP contribution in [0, 0.1) is 5.41 Å². The molecule has 0 aromatic heterocycles. The molecule has 1 aliphatic heterocycles. The summed E-state index contributed by atoms with van der Waals surface area (Å²) in [6, 6.07) is 6.16. The molecular weight excluding hydrogens is 358 g/mol. The third-order valence-corrected chi connectivity index (χ3v) is 5.28. The lowest BCUT2D eigenvalue weighted by molar-refractivity contribution is -0.151. The van der Waals surface area contributed by atoms with Crippen molar-refractivity contribution in [1.29, 1.82) is 0 Å². The SMILES string of the molecule is CC(C)(C(=O)NCCc1ccc(S(N)(=O)=O)cc1)C(=O)N1CCOCC1. The number of carbonyl (C=O) groups is 2. The van der Waals surface area contributed by atoms with Crippen molar-refractivity contribution in [3.8, 4) is 0 Å². The molecule has 1 fully saturated rings. The average molecular weight is 383 g/mol. The summed E-state index contributed by atoms with van der Waals surface area (Å²) in [6.45, 7) is 5.52. The second kappa shape index (κ2) is 8.15. The first-order valence-corrected chi connectivity index (χ1v) is 9.94. The summed E-state index contributed by atoms with van der Waals surface area (Å²) in [7, 11) is -3.71. The smallest absolute Gasteiger partial charge is 0.238 e. The zero-order valence-corrected chi connectivity index (χ0v) is 15.8. The Labute approximate surface area is 153 Å². The quantitative estimate of drug-likeness (QED) is 0.664. The molecule has 0 bridgehead atoms. The van der Waals surface area contributed by atoms with E-state index in [9.17, 15) is 18.0 Å². The maximum atomic E-state index is 12.6. The molecule has 0 aliphatic carbocycles. The molecule has 1 aromatic rings. The maximum absolute atomic E-state index is 12.6. The number of rotatable bonds is 6. The Morgan fingerprint density at radius 2 is 1.77 bits per heavy atom. The highest BCUT2D eigenvalue weighted by molar-refractivity contribution is 7.89. The van der Waals surface area contributed by atoms with Crippen LogP contribution in [0.2, 0.25) is 0 Å². The molecule has 3 N–H and O–H groups in total. The van der Waals surface area contributed by atoms with E-state index in [1.165, 1.54) is 12.1 Å². The van der Waals surface area contributed by atoms with Gasteiger partial charge in [-0.3, -0.25) is 9.59 Å². The van der Waals surface area contributed by atoms with E-state index >= 15 is 0 Å². The molecule has 2 amide bonds. The van der Waals surface area contributed by atoms with Gasteiger partial charge in [0.05, 0.1) is 18.1 Å². The van der Waals surface area contributed by atoms with Crippen molar-refractivity contribution in [2.45, 2.75) is 25.2 Å². The summed E-state index contributed by atoms with van der Waals surface area (Å²) in [6.07, 6.45) is 0.512. The van der Waals surface area contributed by atoms with Gasteiger partial charge in [-0.1, -0.05) is 12.1 Å².